The lowest BCUT2D eigenvalue weighted by atomic mass is 9.90. The van der Waals surface area contributed by atoms with Crippen LogP contribution in [-0.2, 0) is 0 Å². The Kier molecular flexibility index (Phi) is 6.15. The fourth-order valence-corrected chi connectivity index (χ4v) is 7.28. The summed E-state index contributed by atoms with van der Waals surface area (Å²) >= 11 is 0. The van der Waals surface area contributed by atoms with Crippen LogP contribution in [-0.4, -0.2) is 15.0 Å². The molecular formula is C45H27N3O. The van der Waals surface area contributed by atoms with Crippen LogP contribution in [0.5, 0.6) is 0 Å². The highest BCUT2D eigenvalue weighted by molar-refractivity contribution is 6.25. The molecule has 8 aromatic carbocycles. The van der Waals surface area contributed by atoms with Crippen molar-refractivity contribution in [2.45, 2.75) is 0 Å². The highest BCUT2D eigenvalue weighted by Gasteiger charge is 2.21. The van der Waals surface area contributed by atoms with Crippen molar-refractivity contribution >= 4 is 54.3 Å². The number of aromatic nitrogens is 3. The van der Waals surface area contributed by atoms with E-state index in [-0.39, 0.29) is 0 Å². The lowest BCUT2D eigenvalue weighted by molar-refractivity contribution is 0.670. The maximum Gasteiger partial charge on any atom is 0.164 e. The van der Waals surface area contributed by atoms with Crippen molar-refractivity contribution in [3.63, 3.8) is 0 Å². The van der Waals surface area contributed by atoms with Gasteiger partial charge in [0.2, 0.25) is 0 Å². The monoisotopic (exact) mass is 625 g/mol. The van der Waals surface area contributed by atoms with Gasteiger partial charge < -0.3 is 4.42 Å². The number of furan rings is 1. The lowest BCUT2D eigenvalue weighted by Gasteiger charge is -2.13. The molecule has 0 aliphatic carbocycles. The van der Waals surface area contributed by atoms with Crippen LogP contribution in [0.4, 0.5) is 0 Å². The first-order valence-corrected chi connectivity index (χ1v) is 16.5. The highest BCUT2D eigenvalue weighted by atomic mass is 16.3. The Bertz CT molecular complexity index is 2820. The van der Waals surface area contributed by atoms with Gasteiger partial charge in [0.15, 0.2) is 17.5 Å². The molecule has 0 saturated carbocycles. The fourth-order valence-electron chi connectivity index (χ4n) is 7.28. The van der Waals surface area contributed by atoms with Crippen molar-refractivity contribution in [1.82, 2.24) is 15.0 Å². The third-order valence-electron chi connectivity index (χ3n) is 9.50. The maximum absolute atomic E-state index is 6.79. The summed E-state index contributed by atoms with van der Waals surface area (Å²) in [6, 6.07) is 56.8. The number of benzene rings is 8. The Hall–Kier alpha value is -6.65. The molecule has 10 aromatic rings. The summed E-state index contributed by atoms with van der Waals surface area (Å²) in [5, 5.41) is 9.40. The van der Waals surface area contributed by atoms with Gasteiger partial charge in [0, 0.05) is 33.0 Å². The first kappa shape index (κ1) is 27.5. The van der Waals surface area contributed by atoms with E-state index >= 15 is 0 Å². The van der Waals surface area contributed by atoms with Gasteiger partial charge in [-0.25, -0.2) is 15.0 Å². The van der Waals surface area contributed by atoms with E-state index in [0.717, 1.165) is 49.8 Å². The summed E-state index contributed by atoms with van der Waals surface area (Å²) in [7, 11) is 0. The van der Waals surface area contributed by atoms with Crippen molar-refractivity contribution in [3.8, 4) is 45.3 Å². The van der Waals surface area contributed by atoms with Crippen molar-refractivity contribution in [3.05, 3.63) is 164 Å². The molecule has 228 valence electrons. The summed E-state index contributed by atoms with van der Waals surface area (Å²) in [5.41, 5.74) is 6.60. The molecule has 4 nitrogen and oxygen atoms in total. The minimum absolute atomic E-state index is 0.606. The number of fused-ring (bicyclic) bond motifs is 8. The van der Waals surface area contributed by atoms with Gasteiger partial charge in [-0.3, -0.25) is 0 Å². The first-order chi connectivity index (χ1) is 24.3. The largest absolute Gasteiger partial charge is 0.455 e. The molecule has 0 spiro atoms. The van der Waals surface area contributed by atoms with Crippen LogP contribution in [0.1, 0.15) is 0 Å². The minimum atomic E-state index is 0.606. The molecule has 0 unspecified atom stereocenters. The van der Waals surface area contributed by atoms with Crippen molar-refractivity contribution < 1.29 is 4.42 Å². The number of hydrogen-bond acceptors (Lipinski definition) is 4. The second-order valence-corrected chi connectivity index (χ2v) is 12.4. The van der Waals surface area contributed by atoms with Crippen molar-refractivity contribution in [1.29, 1.82) is 0 Å². The van der Waals surface area contributed by atoms with E-state index in [2.05, 4.69) is 91.0 Å². The summed E-state index contributed by atoms with van der Waals surface area (Å²) in [6.07, 6.45) is 0. The van der Waals surface area contributed by atoms with Crippen molar-refractivity contribution in [2.75, 3.05) is 0 Å². The Balaban J connectivity index is 1.23. The molecule has 4 heteroatoms. The lowest BCUT2D eigenvalue weighted by Crippen LogP contribution is -2.00. The molecule has 2 heterocycles. The maximum atomic E-state index is 6.79. The van der Waals surface area contributed by atoms with Crippen LogP contribution < -0.4 is 0 Å². The van der Waals surface area contributed by atoms with Crippen LogP contribution in [0.3, 0.4) is 0 Å². The first-order valence-electron chi connectivity index (χ1n) is 16.5. The van der Waals surface area contributed by atoms with E-state index in [4.69, 9.17) is 19.4 Å². The molecule has 0 saturated heterocycles. The molecule has 49 heavy (non-hydrogen) atoms. The minimum Gasteiger partial charge on any atom is -0.455 e. The second kappa shape index (κ2) is 11.0. The second-order valence-electron chi connectivity index (χ2n) is 12.4. The molecule has 10 rings (SSSR count). The normalized spacial score (nSPS) is 11.7. The van der Waals surface area contributed by atoms with E-state index in [1.807, 2.05) is 72.8 Å². The number of para-hydroxylation sites is 1. The smallest absolute Gasteiger partial charge is 0.164 e. The number of nitrogens with zero attached hydrogens (tertiary/aromatic N) is 3. The summed E-state index contributed by atoms with van der Waals surface area (Å²) in [6.45, 7) is 0. The average Bonchev–Trinajstić information content (AvgIpc) is 3.57. The zero-order valence-electron chi connectivity index (χ0n) is 26.3. The molecule has 0 amide bonds. The predicted octanol–water partition coefficient (Wildman–Crippen LogP) is 11.9. The third kappa shape index (κ3) is 4.42. The van der Waals surface area contributed by atoms with Gasteiger partial charge in [-0.1, -0.05) is 152 Å². The van der Waals surface area contributed by atoms with Crippen LogP contribution in [0.25, 0.3) is 99.5 Å². The quantitative estimate of drug-likeness (QED) is 0.183. The number of hydrogen-bond donors (Lipinski definition) is 0. The Morgan fingerprint density at radius 1 is 0.347 bits per heavy atom. The Morgan fingerprint density at radius 2 is 0.918 bits per heavy atom. The van der Waals surface area contributed by atoms with Gasteiger partial charge in [-0.2, -0.15) is 0 Å². The van der Waals surface area contributed by atoms with Crippen molar-refractivity contribution in [2.24, 2.45) is 0 Å². The van der Waals surface area contributed by atoms with Crippen LogP contribution >= 0.6 is 0 Å². The summed E-state index contributed by atoms with van der Waals surface area (Å²) < 4.78 is 6.79. The molecule has 2 aromatic heterocycles. The fraction of sp³-hybridized carbons (Fsp3) is 0. The average molecular weight is 626 g/mol. The van der Waals surface area contributed by atoms with Crippen LogP contribution in [0.2, 0.25) is 0 Å². The third-order valence-corrected chi connectivity index (χ3v) is 9.50. The molecule has 0 fully saturated rings. The molecule has 0 atom stereocenters. The molecular weight excluding hydrogens is 599 g/mol. The zero-order valence-corrected chi connectivity index (χ0v) is 26.3. The topological polar surface area (TPSA) is 51.8 Å². The zero-order chi connectivity index (χ0) is 32.3. The van der Waals surface area contributed by atoms with Gasteiger partial charge in [-0.05, 0) is 50.0 Å². The van der Waals surface area contributed by atoms with E-state index in [0.29, 0.717) is 17.5 Å². The van der Waals surface area contributed by atoms with E-state index in [9.17, 15) is 0 Å². The molecule has 0 N–H and O–H groups in total. The molecule has 0 aliphatic heterocycles. The molecule has 0 bridgehead atoms. The van der Waals surface area contributed by atoms with Gasteiger partial charge in [0.05, 0.1) is 0 Å². The standard InChI is InChI=1S/C45H27N3O/c1-3-14-29(15-4-1)43-46-44(30-16-5-2-6-17-30)48-45(47-43)37-23-12-24-39-41(37)36-22-11-21-35(42(36)49-39)38-27-31-26-25-28-13-7-8-18-32(28)40(31)34-20-10-9-19-33(34)38/h1-27H. The SMILES string of the molecule is c1ccc(-c2nc(-c3ccccc3)nc(-c3cccc4oc5c(-c6cc7ccc8ccccc8c7c7ccccc67)cccc5c34)n2)cc1. The van der Waals surface area contributed by atoms with E-state index in [1.54, 1.807) is 0 Å². The highest BCUT2D eigenvalue weighted by Crippen LogP contribution is 2.44. The van der Waals surface area contributed by atoms with Gasteiger partial charge >= 0.3 is 0 Å². The predicted molar refractivity (Wildman–Crippen MR) is 201 cm³/mol. The Morgan fingerprint density at radius 3 is 1.67 bits per heavy atom. The van der Waals surface area contributed by atoms with Gasteiger partial charge in [0.1, 0.15) is 11.2 Å². The molecule has 0 aliphatic rings. The Labute approximate surface area is 282 Å². The van der Waals surface area contributed by atoms with E-state index < -0.39 is 0 Å². The molecule has 0 radical (unpaired) electrons. The van der Waals surface area contributed by atoms with Crippen LogP contribution in [0, 0.1) is 0 Å². The number of rotatable bonds is 4. The van der Waals surface area contributed by atoms with Crippen LogP contribution in [0.15, 0.2) is 168 Å². The summed E-state index contributed by atoms with van der Waals surface area (Å²) in [5.74, 6) is 1.87. The van der Waals surface area contributed by atoms with E-state index in [1.165, 1.54) is 32.3 Å². The van der Waals surface area contributed by atoms with Gasteiger partial charge in [-0.15, -0.1) is 0 Å². The summed E-state index contributed by atoms with van der Waals surface area (Å²) in [4.78, 5) is 15.0. The van der Waals surface area contributed by atoms with Gasteiger partial charge in [0.25, 0.3) is 0 Å².